The fourth-order valence-corrected chi connectivity index (χ4v) is 2.37. The molecular formula is C18H30O2. The minimum absolute atomic E-state index is 0.175. The van der Waals surface area contributed by atoms with Gasteiger partial charge in [0.05, 0.1) is 0 Å². The van der Waals surface area contributed by atoms with Crippen LogP contribution in [0.5, 0.6) is 5.75 Å². The Morgan fingerprint density at radius 3 is 2.40 bits per heavy atom. The fourth-order valence-electron chi connectivity index (χ4n) is 2.37. The van der Waals surface area contributed by atoms with E-state index in [0.717, 1.165) is 12.2 Å². The van der Waals surface area contributed by atoms with Gasteiger partial charge >= 0.3 is 0 Å². The third-order valence-corrected chi connectivity index (χ3v) is 3.47. The van der Waals surface area contributed by atoms with Gasteiger partial charge in [0, 0.05) is 6.61 Å². The summed E-state index contributed by atoms with van der Waals surface area (Å²) in [4.78, 5) is 0. The van der Waals surface area contributed by atoms with E-state index in [-0.39, 0.29) is 6.29 Å². The van der Waals surface area contributed by atoms with Crippen molar-refractivity contribution >= 4 is 0 Å². The van der Waals surface area contributed by atoms with Crippen LogP contribution in [-0.4, -0.2) is 12.9 Å². The van der Waals surface area contributed by atoms with E-state index < -0.39 is 0 Å². The van der Waals surface area contributed by atoms with E-state index in [4.69, 9.17) is 9.47 Å². The van der Waals surface area contributed by atoms with Crippen LogP contribution in [-0.2, 0) is 11.2 Å². The lowest BCUT2D eigenvalue weighted by Crippen LogP contribution is -2.16. The van der Waals surface area contributed by atoms with Crippen molar-refractivity contribution in [2.24, 2.45) is 0 Å². The van der Waals surface area contributed by atoms with Gasteiger partial charge in [-0.3, -0.25) is 0 Å². The number of rotatable bonds is 11. The Balaban J connectivity index is 2.37. The van der Waals surface area contributed by atoms with E-state index in [0.29, 0.717) is 6.61 Å². The third kappa shape index (κ3) is 6.95. The van der Waals surface area contributed by atoms with Crippen LogP contribution in [0.2, 0.25) is 0 Å². The second kappa shape index (κ2) is 10.7. The molecule has 0 fully saturated rings. The van der Waals surface area contributed by atoms with Crippen LogP contribution in [0.15, 0.2) is 24.3 Å². The number of unbranched alkanes of at least 4 members (excludes halogenated alkanes) is 5. The van der Waals surface area contributed by atoms with E-state index >= 15 is 0 Å². The molecule has 0 saturated carbocycles. The van der Waals surface area contributed by atoms with Gasteiger partial charge in [0.1, 0.15) is 5.75 Å². The van der Waals surface area contributed by atoms with Crippen molar-refractivity contribution in [1.82, 2.24) is 0 Å². The van der Waals surface area contributed by atoms with Crippen molar-refractivity contribution in [3.63, 3.8) is 0 Å². The molecule has 1 atom stereocenters. The summed E-state index contributed by atoms with van der Waals surface area (Å²) in [6.07, 6.45) is 8.88. The van der Waals surface area contributed by atoms with Crippen LogP contribution in [0, 0.1) is 0 Å². The number of para-hydroxylation sites is 1. The van der Waals surface area contributed by atoms with Crippen LogP contribution in [0.25, 0.3) is 0 Å². The summed E-state index contributed by atoms with van der Waals surface area (Å²) in [5.74, 6) is 0.974. The zero-order chi connectivity index (χ0) is 14.6. The molecule has 0 aliphatic rings. The fraction of sp³-hybridized carbons (Fsp3) is 0.667. The Hall–Kier alpha value is -1.02. The van der Waals surface area contributed by atoms with Gasteiger partial charge in [-0.1, -0.05) is 57.2 Å². The zero-order valence-corrected chi connectivity index (χ0v) is 13.4. The van der Waals surface area contributed by atoms with Crippen LogP contribution in [0.4, 0.5) is 0 Å². The van der Waals surface area contributed by atoms with Gasteiger partial charge in [0.15, 0.2) is 6.29 Å². The molecule has 0 spiro atoms. The maximum atomic E-state index is 5.86. The first-order valence-corrected chi connectivity index (χ1v) is 8.14. The first kappa shape index (κ1) is 17.0. The Morgan fingerprint density at radius 1 is 0.950 bits per heavy atom. The van der Waals surface area contributed by atoms with Crippen molar-refractivity contribution in [3.8, 4) is 5.75 Å². The maximum Gasteiger partial charge on any atom is 0.196 e. The van der Waals surface area contributed by atoms with Gasteiger partial charge in [0.2, 0.25) is 0 Å². The molecule has 0 N–H and O–H groups in total. The molecule has 114 valence electrons. The Bertz CT molecular complexity index is 349. The van der Waals surface area contributed by atoms with Crippen LogP contribution in [0.3, 0.4) is 0 Å². The van der Waals surface area contributed by atoms with Gasteiger partial charge in [0.25, 0.3) is 0 Å². The molecule has 1 unspecified atom stereocenters. The molecular weight excluding hydrogens is 248 g/mol. The molecule has 0 amide bonds. The largest absolute Gasteiger partial charge is 0.465 e. The monoisotopic (exact) mass is 278 g/mol. The highest BCUT2D eigenvalue weighted by Crippen LogP contribution is 2.22. The molecule has 0 saturated heterocycles. The molecule has 0 bridgehead atoms. The predicted octanol–water partition coefficient (Wildman–Crippen LogP) is 5.35. The van der Waals surface area contributed by atoms with E-state index in [9.17, 15) is 0 Å². The van der Waals surface area contributed by atoms with Crippen LogP contribution < -0.4 is 4.74 Å². The molecule has 2 nitrogen and oxygen atoms in total. The lowest BCUT2D eigenvalue weighted by Gasteiger charge is -2.17. The predicted molar refractivity (Wildman–Crippen MR) is 85.2 cm³/mol. The standard InChI is InChI=1S/C18H30O2/c1-4-6-7-8-9-10-13-17-14-11-12-15-18(17)20-16(3)19-5-2/h11-12,14-16H,4-10,13H2,1-3H3. The molecule has 0 aliphatic carbocycles. The van der Waals surface area contributed by atoms with Crippen molar-refractivity contribution < 1.29 is 9.47 Å². The smallest absolute Gasteiger partial charge is 0.196 e. The molecule has 1 aromatic carbocycles. The topological polar surface area (TPSA) is 18.5 Å². The van der Waals surface area contributed by atoms with Gasteiger partial charge in [-0.15, -0.1) is 0 Å². The van der Waals surface area contributed by atoms with Crippen molar-refractivity contribution in [3.05, 3.63) is 29.8 Å². The average Bonchev–Trinajstić information content (AvgIpc) is 2.44. The first-order chi connectivity index (χ1) is 9.77. The molecule has 1 rings (SSSR count). The molecule has 0 aromatic heterocycles. The summed E-state index contributed by atoms with van der Waals surface area (Å²) in [5, 5.41) is 0. The third-order valence-electron chi connectivity index (χ3n) is 3.47. The molecule has 1 aromatic rings. The van der Waals surface area contributed by atoms with Crippen molar-refractivity contribution in [2.75, 3.05) is 6.61 Å². The summed E-state index contributed by atoms with van der Waals surface area (Å²) in [7, 11) is 0. The molecule has 0 heterocycles. The maximum absolute atomic E-state index is 5.86. The van der Waals surface area contributed by atoms with Gasteiger partial charge in [-0.2, -0.15) is 0 Å². The van der Waals surface area contributed by atoms with Crippen molar-refractivity contribution in [2.45, 2.75) is 72.0 Å². The lowest BCUT2D eigenvalue weighted by molar-refractivity contribution is -0.0617. The van der Waals surface area contributed by atoms with Crippen LogP contribution in [0.1, 0.15) is 64.9 Å². The minimum Gasteiger partial charge on any atom is -0.465 e. The van der Waals surface area contributed by atoms with Gasteiger partial charge < -0.3 is 9.47 Å². The van der Waals surface area contributed by atoms with E-state index in [2.05, 4.69) is 19.1 Å². The molecule has 2 heteroatoms. The number of benzene rings is 1. The van der Waals surface area contributed by atoms with E-state index in [1.54, 1.807) is 0 Å². The second-order valence-electron chi connectivity index (χ2n) is 5.27. The van der Waals surface area contributed by atoms with Crippen LogP contribution >= 0.6 is 0 Å². The highest BCUT2D eigenvalue weighted by Gasteiger charge is 2.07. The Labute approximate surface area is 124 Å². The molecule has 0 radical (unpaired) electrons. The quantitative estimate of drug-likeness (QED) is 0.401. The summed E-state index contributed by atoms with van der Waals surface area (Å²) < 4.78 is 11.3. The zero-order valence-electron chi connectivity index (χ0n) is 13.4. The number of hydrogen-bond donors (Lipinski definition) is 0. The van der Waals surface area contributed by atoms with Crippen molar-refractivity contribution in [1.29, 1.82) is 0 Å². The minimum atomic E-state index is -0.175. The van der Waals surface area contributed by atoms with E-state index in [1.165, 1.54) is 44.1 Å². The first-order valence-electron chi connectivity index (χ1n) is 8.14. The highest BCUT2D eigenvalue weighted by atomic mass is 16.7. The Morgan fingerprint density at radius 2 is 1.65 bits per heavy atom. The summed E-state index contributed by atoms with van der Waals surface area (Å²) in [6.45, 7) is 6.88. The van der Waals surface area contributed by atoms with E-state index in [1.807, 2.05) is 26.0 Å². The van der Waals surface area contributed by atoms with Gasteiger partial charge in [-0.05, 0) is 38.3 Å². The number of ether oxygens (including phenoxy) is 2. The SMILES string of the molecule is CCCCCCCCc1ccccc1OC(C)OCC. The Kier molecular flexibility index (Phi) is 9.14. The summed E-state index contributed by atoms with van der Waals surface area (Å²) in [5.41, 5.74) is 1.30. The summed E-state index contributed by atoms with van der Waals surface area (Å²) in [6, 6.07) is 8.32. The average molecular weight is 278 g/mol. The normalized spacial score (nSPS) is 12.3. The summed E-state index contributed by atoms with van der Waals surface area (Å²) >= 11 is 0. The number of hydrogen-bond acceptors (Lipinski definition) is 2. The lowest BCUT2D eigenvalue weighted by atomic mass is 10.0. The molecule has 0 aliphatic heterocycles. The molecule has 20 heavy (non-hydrogen) atoms. The second-order valence-corrected chi connectivity index (χ2v) is 5.27. The van der Waals surface area contributed by atoms with Gasteiger partial charge in [-0.25, -0.2) is 0 Å². The number of aryl methyl sites for hydroxylation is 1. The highest BCUT2D eigenvalue weighted by molar-refractivity contribution is 5.33.